The molecule has 2 rings (SSSR count). The molecule has 0 spiro atoms. The lowest BCUT2D eigenvalue weighted by Crippen LogP contribution is -2.23. The van der Waals surface area contributed by atoms with Gasteiger partial charge in [-0.25, -0.2) is 0 Å². The first-order valence-corrected chi connectivity index (χ1v) is 6.84. The summed E-state index contributed by atoms with van der Waals surface area (Å²) in [5.41, 5.74) is 0.839. The average Bonchev–Trinajstić information content (AvgIpc) is 2.93. The Morgan fingerprint density at radius 1 is 1.20 bits per heavy atom. The first kappa shape index (κ1) is 14.7. The molecule has 2 aromatic rings. The maximum absolute atomic E-state index is 11.6. The molecule has 1 heterocycles. The fourth-order valence-corrected chi connectivity index (χ4v) is 2.27. The number of hydrogen-bond donors (Lipinski definition) is 1. The van der Waals surface area contributed by atoms with Crippen LogP contribution in [0.2, 0.25) is 10.0 Å². The summed E-state index contributed by atoms with van der Waals surface area (Å²) in [6, 6.07) is 8.88. The summed E-state index contributed by atoms with van der Waals surface area (Å²) in [6.07, 6.45) is 5.17. The average molecular weight is 310 g/mol. The molecule has 0 aliphatic carbocycles. The number of hydrogen-bond acceptors (Lipinski definition) is 2. The summed E-state index contributed by atoms with van der Waals surface area (Å²) in [5, 5.41) is 3.98. The lowest BCUT2D eigenvalue weighted by atomic mass is 10.1. The topological polar surface area (TPSA) is 42.2 Å². The highest BCUT2D eigenvalue weighted by molar-refractivity contribution is 6.35. The van der Waals surface area contributed by atoms with Gasteiger partial charge >= 0.3 is 0 Å². The molecule has 3 nitrogen and oxygen atoms in total. The summed E-state index contributed by atoms with van der Waals surface area (Å²) < 4.78 is 5.09. The molecule has 0 saturated heterocycles. The van der Waals surface area contributed by atoms with Gasteiger partial charge in [0.25, 0.3) is 0 Å². The smallest absolute Gasteiger partial charge is 0.244 e. The lowest BCUT2D eigenvalue weighted by molar-refractivity contribution is -0.116. The Morgan fingerprint density at radius 2 is 1.95 bits per heavy atom. The van der Waals surface area contributed by atoms with Crippen molar-refractivity contribution in [3.05, 3.63) is 64.0 Å². The summed E-state index contributed by atoms with van der Waals surface area (Å²) in [7, 11) is 0. The summed E-state index contributed by atoms with van der Waals surface area (Å²) in [6.45, 7) is 0.463. The van der Waals surface area contributed by atoms with Crippen molar-refractivity contribution in [3.63, 3.8) is 0 Å². The molecule has 0 fully saturated rings. The molecular formula is C15H13Cl2NO2. The molecule has 0 atom stereocenters. The van der Waals surface area contributed by atoms with Crippen molar-refractivity contribution < 1.29 is 9.21 Å². The summed E-state index contributed by atoms with van der Waals surface area (Å²) in [4.78, 5) is 11.6. The highest BCUT2D eigenvalue weighted by Gasteiger charge is 2.05. The molecule has 0 radical (unpaired) electrons. The van der Waals surface area contributed by atoms with E-state index in [9.17, 15) is 4.79 Å². The summed E-state index contributed by atoms with van der Waals surface area (Å²) in [5.74, 6) is 0.443. The van der Waals surface area contributed by atoms with E-state index >= 15 is 0 Å². The van der Waals surface area contributed by atoms with Crippen LogP contribution in [0.25, 0.3) is 6.08 Å². The van der Waals surface area contributed by atoms with Gasteiger partial charge in [0, 0.05) is 22.7 Å². The van der Waals surface area contributed by atoms with Gasteiger partial charge < -0.3 is 9.73 Å². The van der Waals surface area contributed by atoms with E-state index in [1.807, 2.05) is 0 Å². The van der Waals surface area contributed by atoms with Crippen LogP contribution in [0.5, 0.6) is 0 Å². The third kappa shape index (κ3) is 4.15. The van der Waals surface area contributed by atoms with E-state index in [0.29, 0.717) is 28.8 Å². The van der Waals surface area contributed by atoms with Crippen LogP contribution in [-0.2, 0) is 11.2 Å². The second kappa shape index (κ2) is 7.17. The van der Waals surface area contributed by atoms with E-state index in [1.165, 1.54) is 6.08 Å². The summed E-state index contributed by atoms with van der Waals surface area (Å²) >= 11 is 12.1. The molecular weight excluding hydrogens is 297 g/mol. The number of benzene rings is 1. The van der Waals surface area contributed by atoms with Crippen LogP contribution in [0, 0.1) is 0 Å². The Balaban J connectivity index is 1.82. The van der Waals surface area contributed by atoms with Gasteiger partial charge in [0.15, 0.2) is 0 Å². The van der Waals surface area contributed by atoms with Crippen molar-refractivity contribution in [1.82, 2.24) is 5.32 Å². The molecule has 0 bridgehead atoms. The number of halogens is 2. The second-order valence-corrected chi connectivity index (χ2v) is 4.90. The minimum absolute atomic E-state index is 0.190. The largest absolute Gasteiger partial charge is 0.465 e. The fraction of sp³-hybridized carbons (Fsp3) is 0.133. The van der Waals surface area contributed by atoms with Gasteiger partial charge in [-0.15, -0.1) is 0 Å². The second-order valence-electron chi connectivity index (χ2n) is 4.09. The van der Waals surface area contributed by atoms with Crippen molar-refractivity contribution in [1.29, 1.82) is 0 Å². The minimum Gasteiger partial charge on any atom is -0.465 e. The SMILES string of the molecule is O=C(/C=C/c1ccco1)NCCc1c(Cl)cccc1Cl. The van der Waals surface area contributed by atoms with Crippen molar-refractivity contribution in [2.75, 3.05) is 6.54 Å². The standard InChI is InChI=1S/C15H13Cl2NO2/c16-13-4-1-5-14(17)12(13)8-9-18-15(19)7-6-11-3-2-10-20-11/h1-7,10H,8-9H2,(H,18,19)/b7-6+. The van der Waals surface area contributed by atoms with Crippen molar-refractivity contribution >= 4 is 35.2 Å². The lowest BCUT2D eigenvalue weighted by Gasteiger charge is -2.07. The minimum atomic E-state index is -0.190. The predicted molar refractivity (Wildman–Crippen MR) is 80.9 cm³/mol. The van der Waals surface area contributed by atoms with Crippen LogP contribution in [0.4, 0.5) is 0 Å². The van der Waals surface area contributed by atoms with E-state index in [4.69, 9.17) is 27.6 Å². The molecule has 104 valence electrons. The third-order valence-corrected chi connectivity index (χ3v) is 3.39. The number of furan rings is 1. The molecule has 0 unspecified atom stereocenters. The van der Waals surface area contributed by atoms with E-state index in [2.05, 4.69) is 5.32 Å². The van der Waals surface area contributed by atoms with E-state index in [1.54, 1.807) is 42.7 Å². The monoisotopic (exact) mass is 309 g/mol. The van der Waals surface area contributed by atoms with Crippen molar-refractivity contribution in [2.45, 2.75) is 6.42 Å². The first-order valence-electron chi connectivity index (χ1n) is 6.09. The van der Waals surface area contributed by atoms with Crippen LogP contribution in [-0.4, -0.2) is 12.5 Å². The number of rotatable bonds is 5. The van der Waals surface area contributed by atoms with Crippen LogP contribution < -0.4 is 5.32 Å². The Labute approximate surface area is 127 Å². The molecule has 0 aliphatic rings. The maximum Gasteiger partial charge on any atom is 0.244 e. The van der Waals surface area contributed by atoms with Crippen LogP contribution >= 0.6 is 23.2 Å². The number of carbonyl (C=O) groups is 1. The Hall–Kier alpha value is -1.71. The van der Waals surface area contributed by atoms with Crippen molar-refractivity contribution in [3.8, 4) is 0 Å². The Morgan fingerprint density at radius 3 is 2.60 bits per heavy atom. The Bertz CT molecular complexity index is 586. The number of nitrogens with one attached hydrogen (secondary N) is 1. The quantitative estimate of drug-likeness (QED) is 0.849. The molecule has 5 heteroatoms. The molecule has 0 aliphatic heterocycles. The van der Waals surface area contributed by atoms with E-state index in [0.717, 1.165) is 5.56 Å². The van der Waals surface area contributed by atoms with Crippen LogP contribution in [0.15, 0.2) is 47.1 Å². The van der Waals surface area contributed by atoms with E-state index < -0.39 is 0 Å². The zero-order valence-electron chi connectivity index (χ0n) is 10.6. The number of amides is 1. The molecule has 1 amide bonds. The zero-order valence-corrected chi connectivity index (χ0v) is 12.1. The van der Waals surface area contributed by atoms with Gasteiger partial charge in [-0.2, -0.15) is 0 Å². The van der Waals surface area contributed by atoms with Gasteiger partial charge in [0.2, 0.25) is 5.91 Å². The normalized spacial score (nSPS) is 10.9. The maximum atomic E-state index is 11.6. The zero-order chi connectivity index (χ0) is 14.4. The fourth-order valence-electron chi connectivity index (χ4n) is 1.68. The van der Waals surface area contributed by atoms with Gasteiger partial charge in [0.05, 0.1) is 6.26 Å². The first-order chi connectivity index (χ1) is 9.66. The predicted octanol–water partition coefficient (Wildman–Crippen LogP) is 3.96. The highest BCUT2D eigenvalue weighted by atomic mass is 35.5. The van der Waals surface area contributed by atoms with Gasteiger partial charge in [-0.3, -0.25) is 4.79 Å². The molecule has 1 N–H and O–H groups in total. The molecule has 1 aromatic carbocycles. The Kier molecular flexibility index (Phi) is 5.27. The van der Waals surface area contributed by atoms with Gasteiger partial charge in [-0.05, 0) is 42.3 Å². The van der Waals surface area contributed by atoms with Crippen molar-refractivity contribution in [2.24, 2.45) is 0 Å². The molecule has 1 aromatic heterocycles. The molecule has 0 saturated carbocycles. The van der Waals surface area contributed by atoms with E-state index in [-0.39, 0.29) is 5.91 Å². The van der Waals surface area contributed by atoms with Gasteiger partial charge in [0.1, 0.15) is 5.76 Å². The van der Waals surface area contributed by atoms with Crippen LogP contribution in [0.3, 0.4) is 0 Å². The molecule has 20 heavy (non-hydrogen) atoms. The highest BCUT2D eigenvalue weighted by Crippen LogP contribution is 2.24. The third-order valence-electron chi connectivity index (χ3n) is 2.68. The van der Waals surface area contributed by atoms with Crippen LogP contribution in [0.1, 0.15) is 11.3 Å². The number of carbonyl (C=O) groups excluding carboxylic acids is 1. The van der Waals surface area contributed by atoms with Gasteiger partial charge in [-0.1, -0.05) is 29.3 Å².